The molecule has 0 bridgehead atoms. The number of dihydropyridines is 1. The highest BCUT2D eigenvalue weighted by atomic mass is 32.1. The van der Waals surface area contributed by atoms with Gasteiger partial charge in [-0.3, -0.25) is 4.99 Å². The van der Waals surface area contributed by atoms with Gasteiger partial charge in [0.15, 0.2) is 6.17 Å². The second-order valence-electron chi connectivity index (χ2n) is 14.6. The molecule has 0 amide bonds. The molecule has 0 spiro atoms. The Labute approximate surface area is 334 Å². The highest BCUT2D eigenvalue weighted by Crippen LogP contribution is 2.45. The van der Waals surface area contributed by atoms with Gasteiger partial charge in [0, 0.05) is 42.8 Å². The zero-order chi connectivity index (χ0) is 37.7. The van der Waals surface area contributed by atoms with Crippen molar-refractivity contribution >= 4 is 55.0 Å². The Kier molecular flexibility index (Phi) is 8.14. The fourth-order valence-corrected chi connectivity index (χ4v) is 9.33. The lowest BCUT2D eigenvalue weighted by molar-refractivity contribution is 0.592. The number of hydrogen-bond acceptors (Lipinski definition) is 6. The fourth-order valence-electron chi connectivity index (χ4n) is 8.14. The average Bonchev–Trinajstić information content (AvgIpc) is 3.67. The van der Waals surface area contributed by atoms with Crippen molar-refractivity contribution in [2.45, 2.75) is 12.2 Å². The third-order valence-corrected chi connectivity index (χ3v) is 12.3. The molecule has 4 heterocycles. The molecule has 6 aromatic carbocycles. The smallest absolute Gasteiger partial charge is 0.169 e. The lowest BCUT2D eigenvalue weighted by Crippen LogP contribution is -2.36. The zero-order valence-electron chi connectivity index (χ0n) is 30.8. The Bertz CT molecular complexity index is 2930. The number of nitrogens with one attached hydrogen (secondary N) is 1. The first-order valence-electron chi connectivity index (χ1n) is 19.3. The summed E-state index contributed by atoms with van der Waals surface area (Å²) in [7, 11) is 0. The predicted octanol–water partition coefficient (Wildman–Crippen LogP) is 12.0. The molecule has 1 aliphatic carbocycles. The molecule has 0 fully saturated rings. The van der Waals surface area contributed by atoms with E-state index in [4.69, 9.17) is 20.0 Å². The quantitative estimate of drug-likeness (QED) is 0.184. The van der Waals surface area contributed by atoms with Crippen LogP contribution in [-0.4, -0.2) is 22.4 Å². The van der Waals surface area contributed by atoms with Crippen molar-refractivity contribution < 1.29 is 0 Å². The minimum absolute atomic E-state index is 0.111. The van der Waals surface area contributed by atoms with Crippen molar-refractivity contribution in [1.82, 2.24) is 10.3 Å². The molecule has 2 atom stereocenters. The first-order valence-corrected chi connectivity index (χ1v) is 20.1. The molecule has 0 radical (unpaired) electrons. The number of rotatable bonds is 6. The van der Waals surface area contributed by atoms with Crippen molar-refractivity contribution in [3.63, 3.8) is 0 Å². The van der Waals surface area contributed by atoms with Crippen LogP contribution in [-0.2, 0) is 0 Å². The van der Waals surface area contributed by atoms with Crippen LogP contribution in [0.2, 0.25) is 0 Å². The van der Waals surface area contributed by atoms with Gasteiger partial charge in [0.05, 0.1) is 17.1 Å². The molecule has 0 saturated heterocycles. The second-order valence-corrected chi connectivity index (χ2v) is 15.7. The molecule has 3 aliphatic rings. The van der Waals surface area contributed by atoms with Crippen LogP contribution in [0, 0.1) is 5.92 Å². The summed E-state index contributed by atoms with van der Waals surface area (Å²) in [5.74, 6) is 1.73. The molecule has 2 aromatic heterocycles. The van der Waals surface area contributed by atoms with E-state index in [2.05, 4.69) is 151 Å². The first kappa shape index (κ1) is 33.3. The Morgan fingerprint density at radius 2 is 1.14 bits per heavy atom. The van der Waals surface area contributed by atoms with Gasteiger partial charge in [-0.15, -0.1) is 11.3 Å². The van der Waals surface area contributed by atoms with Crippen LogP contribution in [0.1, 0.15) is 45.7 Å². The zero-order valence-corrected chi connectivity index (χ0v) is 31.6. The van der Waals surface area contributed by atoms with Crippen LogP contribution in [0.5, 0.6) is 0 Å². The molecular formula is C51H35N5S. The molecule has 2 aliphatic heterocycles. The van der Waals surface area contributed by atoms with Crippen molar-refractivity contribution in [1.29, 1.82) is 0 Å². The summed E-state index contributed by atoms with van der Waals surface area (Å²) in [6.07, 6.45) is 8.39. The van der Waals surface area contributed by atoms with E-state index in [-0.39, 0.29) is 12.0 Å². The monoisotopic (exact) mass is 749 g/mol. The first-order chi connectivity index (χ1) is 28.2. The molecule has 2 unspecified atom stereocenters. The highest BCUT2D eigenvalue weighted by molar-refractivity contribution is 7.26. The number of thiophene rings is 1. The standard InChI is InChI=1S/C51H35N5S/c1-5-13-32(14-6-1)38-25-28-45-40(29-38)41-30-39(51-55-49(36-17-9-3-10-18-36)54-50(56-51)37-19-11-4-12-20-37)31-42(48(41)57-45)44-27-24-35-22-21-34-23-26-43(33-15-7-2-8-16-33)52-46(34)47(35)53-44/h1-31,34,46,51H,(H,54,55,56). The summed E-state index contributed by atoms with van der Waals surface area (Å²) in [5.41, 5.74) is 11.6. The van der Waals surface area contributed by atoms with Crippen LogP contribution in [0.3, 0.4) is 0 Å². The van der Waals surface area contributed by atoms with Crippen LogP contribution in [0.25, 0.3) is 48.6 Å². The molecule has 57 heavy (non-hydrogen) atoms. The van der Waals surface area contributed by atoms with Crippen molar-refractivity contribution in [2.24, 2.45) is 20.9 Å². The Balaban J connectivity index is 1.12. The number of fused-ring (bicyclic) bond motifs is 6. The molecule has 11 rings (SSSR count). The maximum Gasteiger partial charge on any atom is 0.169 e. The van der Waals surface area contributed by atoms with Gasteiger partial charge in [0.1, 0.15) is 17.7 Å². The summed E-state index contributed by atoms with van der Waals surface area (Å²) in [6.45, 7) is 0. The van der Waals surface area contributed by atoms with Gasteiger partial charge in [0.2, 0.25) is 0 Å². The molecule has 6 heteroatoms. The Morgan fingerprint density at radius 1 is 0.509 bits per heavy atom. The van der Waals surface area contributed by atoms with E-state index in [1.54, 1.807) is 0 Å². The summed E-state index contributed by atoms with van der Waals surface area (Å²) in [4.78, 5) is 21.4. The number of amidine groups is 2. The number of aliphatic imine (C=N–C) groups is 3. The third kappa shape index (κ3) is 6.11. The lowest BCUT2D eigenvalue weighted by atomic mass is 9.85. The lowest BCUT2D eigenvalue weighted by Gasteiger charge is -2.28. The average molecular weight is 750 g/mol. The van der Waals surface area contributed by atoms with Crippen LogP contribution >= 0.6 is 11.3 Å². The van der Waals surface area contributed by atoms with Crippen LogP contribution in [0.15, 0.2) is 197 Å². The van der Waals surface area contributed by atoms with Crippen LogP contribution in [0.4, 0.5) is 0 Å². The summed E-state index contributed by atoms with van der Waals surface area (Å²) in [5, 5.41) is 5.95. The van der Waals surface area contributed by atoms with Gasteiger partial charge in [-0.25, -0.2) is 15.0 Å². The van der Waals surface area contributed by atoms with E-state index in [1.165, 1.54) is 31.3 Å². The Hall–Kier alpha value is -7.02. The predicted molar refractivity (Wildman–Crippen MR) is 237 cm³/mol. The summed E-state index contributed by atoms with van der Waals surface area (Å²) < 4.78 is 2.42. The van der Waals surface area contributed by atoms with Crippen molar-refractivity contribution in [3.05, 3.63) is 216 Å². The minimum atomic E-state index is -0.487. The highest BCUT2D eigenvalue weighted by Gasteiger charge is 2.30. The van der Waals surface area contributed by atoms with Gasteiger partial charge in [0.25, 0.3) is 0 Å². The van der Waals surface area contributed by atoms with E-state index in [1.807, 2.05) is 53.8 Å². The fraction of sp³-hybridized carbons (Fsp3) is 0.0588. The van der Waals surface area contributed by atoms with Gasteiger partial charge in [-0.1, -0.05) is 152 Å². The number of hydrogen-bond donors (Lipinski definition) is 1. The topological polar surface area (TPSA) is 62.0 Å². The van der Waals surface area contributed by atoms with E-state index >= 15 is 0 Å². The minimum Gasteiger partial charge on any atom is -0.324 e. The van der Waals surface area contributed by atoms with Gasteiger partial charge in [-0.2, -0.15) is 0 Å². The van der Waals surface area contributed by atoms with Gasteiger partial charge >= 0.3 is 0 Å². The normalized spacial score (nSPS) is 17.4. The van der Waals surface area contributed by atoms with Crippen LogP contribution < -0.4 is 5.32 Å². The molecule has 8 aromatic rings. The molecule has 270 valence electrons. The van der Waals surface area contributed by atoms with E-state index in [9.17, 15) is 0 Å². The Morgan fingerprint density at radius 3 is 1.82 bits per heavy atom. The number of allylic oxidation sites excluding steroid dienone is 1. The number of benzene rings is 6. The molecule has 0 saturated carbocycles. The second kappa shape index (κ2) is 13.9. The maximum absolute atomic E-state index is 5.52. The van der Waals surface area contributed by atoms with E-state index in [0.717, 1.165) is 62.2 Å². The largest absolute Gasteiger partial charge is 0.324 e. The molecule has 1 N–H and O–H groups in total. The van der Waals surface area contributed by atoms with Gasteiger partial charge < -0.3 is 5.32 Å². The van der Waals surface area contributed by atoms with E-state index in [0.29, 0.717) is 0 Å². The number of pyridine rings is 1. The maximum atomic E-state index is 5.52. The summed E-state index contributed by atoms with van der Waals surface area (Å²) in [6, 6.07) is 57.3. The van der Waals surface area contributed by atoms with Gasteiger partial charge in [-0.05, 0) is 64.2 Å². The van der Waals surface area contributed by atoms with E-state index < -0.39 is 6.17 Å². The van der Waals surface area contributed by atoms with Crippen molar-refractivity contribution in [3.8, 4) is 22.4 Å². The molecular weight excluding hydrogens is 715 g/mol. The number of nitrogens with zero attached hydrogens (tertiary/aromatic N) is 4. The van der Waals surface area contributed by atoms with Crippen molar-refractivity contribution in [2.75, 3.05) is 0 Å². The number of aromatic nitrogens is 1. The summed E-state index contributed by atoms with van der Waals surface area (Å²) >= 11 is 1.82. The molecule has 5 nitrogen and oxygen atoms in total. The SMILES string of the molecule is C1=CC2C=Cc3ccc(-c4cc(C5N=C(c6ccccc6)NC(c6ccccc6)=N5)cc5c4sc4ccc(-c6ccccc6)cc45)nc3C2N=C1c1ccccc1. The third-order valence-electron chi connectivity index (χ3n) is 11.0.